The van der Waals surface area contributed by atoms with Gasteiger partial charge in [0, 0.05) is 10.4 Å². The van der Waals surface area contributed by atoms with Crippen LogP contribution in [-0.4, -0.2) is 12.4 Å². The smallest absolute Gasteiger partial charge is 0.387 e. The molecule has 0 saturated carbocycles. The van der Waals surface area contributed by atoms with Gasteiger partial charge in [0.25, 0.3) is 0 Å². The van der Waals surface area contributed by atoms with Crippen molar-refractivity contribution in [3.05, 3.63) is 52.2 Å². The van der Waals surface area contributed by atoms with Crippen molar-refractivity contribution in [3.8, 4) is 11.8 Å². The summed E-state index contributed by atoms with van der Waals surface area (Å²) >= 11 is 1.30. The zero-order valence-corrected chi connectivity index (χ0v) is 10.9. The second-order valence-electron chi connectivity index (χ2n) is 3.85. The molecule has 1 aromatic carbocycles. The summed E-state index contributed by atoms with van der Waals surface area (Å²) in [7, 11) is 0. The first-order valence-electron chi connectivity index (χ1n) is 5.64. The first-order valence-corrected chi connectivity index (χ1v) is 6.52. The number of halogens is 2. The highest BCUT2D eigenvalue weighted by atomic mass is 32.1. The lowest BCUT2D eigenvalue weighted by molar-refractivity contribution is -0.0498. The van der Waals surface area contributed by atoms with E-state index in [2.05, 4.69) is 4.74 Å². The minimum atomic E-state index is -2.95. The highest BCUT2D eigenvalue weighted by Crippen LogP contribution is 2.26. The SMILES string of the molecule is N#CC(C(=O)c1cccc(OC(F)F)c1)c1cccs1. The number of hydrogen-bond donors (Lipinski definition) is 0. The molecule has 0 saturated heterocycles. The third-order valence-corrected chi connectivity index (χ3v) is 3.50. The average Bonchev–Trinajstić information content (AvgIpc) is 2.93. The lowest BCUT2D eigenvalue weighted by atomic mass is 9.97. The van der Waals surface area contributed by atoms with E-state index >= 15 is 0 Å². The number of nitrogens with zero attached hydrogens (tertiary/aromatic N) is 1. The van der Waals surface area contributed by atoms with Crippen molar-refractivity contribution in [2.24, 2.45) is 0 Å². The van der Waals surface area contributed by atoms with Crippen LogP contribution in [0.3, 0.4) is 0 Å². The van der Waals surface area contributed by atoms with E-state index in [0.717, 1.165) is 0 Å². The monoisotopic (exact) mass is 293 g/mol. The Hall–Kier alpha value is -2.26. The number of alkyl halides is 2. The number of hydrogen-bond acceptors (Lipinski definition) is 4. The fourth-order valence-corrected chi connectivity index (χ4v) is 2.47. The summed E-state index contributed by atoms with van der Waals surface area (Å²) in [6.07, 6.45) is 0. The van der Waals surface area contributed by atoms with Crippen molar-refractivity contribution in [1.82, 2.24) is 0 Å². The standard InChI is InChI=1S/C14H9F2NO2S/c15-14(16)19-10-4-1-3-9(7-10)13(18)11(8-17)12-5-2-6-20-12/h1-7,11,14H. The van der Waals surface area contributed by atoms with Crippen LogP contribution in [0.25, 0.3) is 0 Å². The zero-order chi connectivity index (χ0) is 14.5. The highest BCUT2D eigenvalue weighted by Gasteiger charge is 2.23. The quantitative estimate of drug-likeness (QED) is 0.787. The molecule has 6 heteroatoms. The maximum atomic E-state index is 12.3. The lowest BCUT2D eigenvalue weighted by Gasteiger charge is -2.08. The minimum absolute atomic E-state index is 0.103. The van der Waals surface area contributed by atoms with Crippen LogP contribution in [0.15, 0.2) is 41.8 Å². The summed E-state index contributed by atoms with van der Waals surface area (Å²) in [5.41, 5.74) is 0.170. The average molecular weight is 293 g/mol. The van der Waals surface area contributed by atoms with E-state index in [1.165, 1.54) is 35.6 Å². The molecule has 0 radical (unpaired) electrons. The Kier molecular flexibility index (Phi) is 4.43. The molecule has 20 heavy (non-hydrogen) atoms. The molecule has 0 aliphatic carbocycles. The summed E-state index contributed by atoms with van der Waals surface area (Å²) < 4.78 is 28.5. The molecule has 2 rings (SSSR count). The summed E-state index contributed by atoms with van der Waals surface area (Å²) in [4.78, 5) is 12.9. The fraction of sp³-hybridized carbons (Fsp3) is 0.143. The van der Waals surface area contributed by atoms with Gasteiger partial charge in [0.2, 0.25) is 0 Å². The molecule has 102 valence electrons. The Bertz CT molecular complexity index is 635. The van der Waals surface area contributed by atoms with E-state index < -0.39 is 18.3 Å². The maximum absolute atomic E-state index is 12.3. The molecule has 0 fully saturated rings. The molecule has 1 unspecified atom stereocenters. The van der Waals surface area contributed by atoms with Crippen LogP contribution in [-0.2, 0) is 0 Å². The molecular formula is C14H9F2NO2S. The van der Waals surface area contributed by atoms with Gasteiger partial charge < -0.3 is 4.74 Å². The van der Waals surface area contributed by atoms with Crippen molar-refractivity contribution in [2.45, 2.75) is 12.5 Å². The van der Waals surface area contributed by atoms with Gasteiger partial charge in [-0.2, -0.15) is 14.0 Å². The third-order valence-electron chi connectivity index (χ3n) is 2.56. The van der Waals surface area contributed by atoms with E-state index in [1.807, 2.05) is 6.07 Å². The van der Waals surface area contributed by atoms with Gasteiger partial charge in [-0.15, -0.1) is 11.3 Å². The third kappa shape index (κ3) is 3.19. The van der Waals surface area contributed by atoms with Crippen molar-refractivity contribution < 1.29 is 18.3 Å². The molecular weight excluding hydrogens is 284 g/mol. The number of nitriles is 1. The summed E-state index contributed by atoms with van der Waals surface area (Å²) in [5, 5.41) is 10.9. The van der Waals surface area contributed by atoms with E-state index in [-0.39, 0.29) is 11.3 Å². The van der Waals surface area contributed by atoms with Crippen LogP contribution < -0.4 is 4.74 Å². The molecule has 0 aliphatic rings. The number of carbonyl (C=O) groups is 1. The Balaban J connectivity index is 2.26. The van der Waals surface area contributed by atoms with Gasteiger partial charge in [-0.25, -0.2) is 0 Å². The van der Waals surface area contributed by atoms with Gasteiger partial charge in [0.15, 0.2) is 5.78 Å². The van der Waals surface area contributed by atoms with Crippen LogP contribution in [0, 0.1) is 11.3 Å². The second-order valence-corrected chi connectivity index (χ2v) is 4.83. The summed E-state index contributed by atoms with van der Waals surface area (Å²) in [6, 6.07) is 10.8. The van der Waals surface area contributed by atoms with Crippen LogP contribution in [0.5, 0.6) is 5.75 Å². The van der Waals surface area contributed by atoms with E-state index in [1.54, 1.807) is 17.5 Å². The molecule has 0 amide bonds. The zero-order valence-electron chi connectivity index (χ0n) is 10.1. The van der Waals surface area contributed by atoms with Crippen LogP contribution >= 0.6 is 11.3 Å². The number of benzene rings is 1. The highest BCUT2D eigenvalue weighted by molar-refractivity contribution is 7.10. The Morgan fingerprint density at radius 1 is 1.30 bits per heavy atom. The Morgan fingerprint density at radius 3 is 2.70 bits per heavy atom. The van der Waals surface area contributed by atoms with Crippen LogP contribution in [0.1, 0.15) is 21.2 Å². The van der Waals surface area contributed by atoms with E-state index in [0.29, 0.717) is 4.88 Å². The van der Waals surface area contributed by atoms with Crippen molar-refractivity contribution in [3.63, 3.8) is 0 Å². The van der Waals surface area contributed by atoms with Gasteiger partial charge in [-0.05, 0) is 23.6 Å². The molecule has 3 nitrogen and oxygen atoms in total. The van der Waals surface area contributed by atoms with Crippen molar-refractivity contribution >= 4 is 17.1 Å². The minimum Gasteiger partial charge on any atom is -0.435 e. The predicted octanol–water partition coefficient (Wildman–Crippen LogP) is 3.84. The summed E-state index contributed by atoms with van der Waals surface area (Å²) in [6.45, 7) is -2.95. The van der Waals surface area contributed by atoms with E-state index in [4.69, 9.17) is 5.26 Å². The predicted molar refractivity (Wildman–Crippen MR) is 70.1 cm³/mol. The second kappa shape index (κ2) is 6.26. The number of rotatable bonds is 5. The van der Waals surface area contributed by atoms with Crippen LogP contribution in [0.2, 0.25) is 0 Å². The van der Waals surface area contributed by atoms with E-state index in [9.17, 15) is 13.6 Å². The fourth-order valence-electron chi connectivity index (χ4n) is 1.70. The molecule has 1 heterocycles. The van der Waals surface area contributed by atoms with Gasteiger partial charge >= 0.3 is 6.61 Å². The molecule has 0 spiro atoms. The van der Waals surface area contributed by atoms with Gasteiger partial charge in [0.1, 0.15) is 11.7 Å². The molecule has 2 aromatic rings. The molecule has 0 N–H and O–H groups in total. The lowest BCUT2D eigenvalue weighted by Crippen LogP contribution is -2.10. The van der Waals surface area contributed by atoms with Gasteiger partial charge in [-0.3, -0.25) is 4.79 Å². The van der Waals surface area contributed by atoms with Crippen molar-refractivity contribution in [1.29, 1.82) is 5.26 Å². The Labute approximate surface area is 118 Å². The maximum Gasteiger partial charge on any atom is 0.387 e. The van der Waals surface area contributed by atoms with Gasteiger partial charge in [-0.1, -0.05) is 18.2 Å². The Morgan fingerprint density at radius 2 is 2.10 bits per heavy atom. The number of carbonyl (C=O) groups excluding carboxylic acids is 1. The van der Waals surface area contributed by atoms with Crippen molar-refractivity contribution in [2.75, 3.05) is 0 Å². The largest absolute Gasteiger partial charge is 0.435 e. The number of ketones is 1. The molecule has 0 aliphatic heterocycles. The summed E-state index contributed by atoms with van der Waals surface area (Å²) in [5.74, 6) is -1.47. The first-order chi connectivity index (χ1) is 9.61. The topological polar surface area (TPSA) is 50.1 Å². The first kappa shape index (κ1) is 14.2. The van der Waals surface area contributed by atoms with Crippen LogP contribution in [0.4, 0.5) is 8.78 Å². The molecule has 0 bridgehead atoms. The number of thiophene rings is 1. The van der Waals surface area contributed by atoms with Gasteiger partial charge in [0.05, 0.1) is 6.07 Å². The normalized spacial score (nSPS) is 11.9. The molecule has 1 aromatic heterocycles. The number of ether oxygens (including phenoxy) is 1. The number of Topliss-reactive ketones (excluding diaryl/α,β-unsaturated/α-hetero) is 1. The molecule has 1 atom stereocenters.